The molecule has 4 fully saturated rings. The number of hydrogen-bond donors (Lipinski definition) is 1. The number of alkyl halides is 2. The normalized spacial score (nSPS) is 36.3. The molecular formula is C31H44Cl2N2O3. The van der Waals surface area contributed by atoms with Crippen molar-refractivity contribution in [3.8, 4) is 0 Å². The third kappa shape index (κ3) is 5.57. The zero-order valence-electron chi connectivity index (χ0n) is 23.0. The predicted octanol–water partition coefficient (Wildman–Crippen LogP) is 6.34. The summed E-state index contributed by atoms with van der Waals surface area (Å²) >= 11 is 11.9. The average molecular weight is 564 g/mol. The van der Waals surface area contributed by atoms with Crippen molar-refractivity contribution in [1.82, 2.24) is 5.32 Å². The van der Waals surface area contributed by atoms with Crippen molar-refractivity contribution in [1.29, 1.82) is 0 Å². The maximum atomic E-state index is 12.9. The van der Waals surface area contributed by atoms with E-state index in [2.05, 4.69) is 24.1 Å². The Bertz CT molecular complexity index is 997. The molecule has 5 rings (SSSR count). The van der Waals surface area contributed by atoms with Gasteiger partial charge in [-0.2, -0.15) is 0 Å². The van der Waals surface area contributed by atoms with Gasteiger partial charge in [0, 0.05) is 42.5 Å². The Morgan fingerprint density at radius 3 is 2.45 bits per heavy atom. The number of carbonyl (C=O) groups excluding carboxylic acids is 2. The summed E-state index contributed by atoms with van der Waals surface area (Å²) in [5.41, 5.74) is 2.35. The minimum absolute atomic E-state index is 0.0167. The van der Waals surface area contributed by atoms with Crippen LogP contribution in [0.25, 0.3) is 0 Å². The molecule has 1 N–H and O–H groups in total. The number of ether oxygens (including phenoxy) is 1. The lowest BCUT2D eigenvalue weighted by atomic mass is 9.45. The van der Waals surface area contributed by atoms with Gasteiger partial charge in [-0.1, -0.05) is 19.1 Å². The Kier molecular flexibility index (Phi) is 8.55. The van der Waals surface area contributed by atoms with Crippen LogP contribution in [-0.4, -0.2) is 48.4 Å². The fourth-order valence-electron chi connectivity index (χ4n) is 8.79. The molecule has 7 atom stereocenters. The van der Waals surface area contributed by atoms with Crippen LogP contribution in [-0.2, 0) is 20.7 Å². The second-order valence-corrected chi connectivity index (χ2v) is 13.6. The van der Waals surface area contributed by atoms with Gasteiger partial charge < -0.3 is 15.0 Å². The number of hydrogen-bond acceptors (Lipinski definition) is 4. The van der Waals surface area contributed by atoms with Crippen LogP contribution in [0.1, 0.15) is 77.2 Å². The zero-order chi connectivity index (χ0) is 26.9. The second kappa shape index (κ2) is 11.6. The van der Waals surface area contributed by atoms with E-state index >= 15 is 0 Å². The fraction of sp³-hybridized carbons (Fsp3) is 0.742. The van der Waals surface area contributed by atoms with E-state index in [1.165, 1.54) is 19.3 Å². The second-order valence-electron chi connectivity index (χ2n) is 12.8. The summed E-state index contributed by atoms with van der Waals surface area (Å²) in [4.78, 5) is 27.2. The highest BCUT2D eigenvalue weighted by Gasteiger charge is 2.58. The Hall–Kier alpha value is -1.46. The third-order valence-corrected chi connectivity index (χ3v) is 11.1. The molecule has 3 saturated carbocycles. The number of anilines is 1. The van der Waals surface area contributed by atoms with Gasteiger partial charge in [0.2, 0.25) is 5.91 Å². The van der Waals surface area contributed by atoms with Gasteiger partial charge in [0.1, 0.15) is 6.10 Å². The van der Waals surface area contributed by atoms with E-state index in [-0.39, 0.29) is 23.5 Å². The number of halogens is 2. The maximum absolute atomic E-state index is 12.9. The molecule has 1 amide bonds. The summed E-state index contributed by atoms with van der Waals surface area (Å²) in [6, 6.07) is 8.10. The quantitative estimate of drug-likeness (QED) is 0.297. The van der Waals surface area contributed by atoms with Crippen molar-refractivity contribution in [2.24, 2.45) is 29.1 Å². The van der Waals surface area contributed by atoms with E-state index in [4.69, 9.17) is 27.9 Å². The van der Waals surface area contributed by atoms with Crippen molar-refractivity contribution in [2.45, 2.75) is 89.7 Å². The third-order valence-electron chi connectivity index (χ3n) is 10.8. The van der Waals surface area contributed by atoms with Crippen molar-refractivity contribution in [3.05, 3.63) is 29.8 Å². The smallest absolute Gasteiger partial charge is 0.310 e. The lowest BCUT2D eigenvalue weighted by Crippen LogP contribution is -2.63. The number of nitrogens with zero attached hydrogens (tertiary/aromatic N) is 1. The highest BCUT2D eigenvalue weighted by atomic mass is 35.5. The Labute approximate surface area is 238 Å². The van der Waals surface area contributed by atoms with Crippen LogP contribution in [0.15, 0.2) is 24.3 Å². The van der Waals surface area contributed by atoms with Gasteiger partial charge in [-0.05, 0) is 105 Å². The zero-order valence-corrected chi connectivity index (χ0v) is 24.5. The minimum Gasteiger partial charge on any atom is -0.462 e. The lowest BCUT2D eigenvalue weighted by Gasteiger charge is -2.62. The van der Waals surface area contributed by atoms with E-state index in [0.29, 0.717) is 47.8 Å². The van der Waals surface area contributed by atoms with Crippen LogP contribution in [0.3, 0.4) is 0 Å². The first-order chi connectivity index (χ1) is 18.3. The molecule has 4 aliphatic rings. The first-order valence-electron chi connectivity index (χ1n) is 14.7. The van der Waals surface area contributed by atoms with E-state index in [9.17, 15) is 9.59 Å². The summed E-state index contributed by atoms with van der Waals surface area (Å²) < 4.78 is 6.06. The van der Waals surface area contributed by atoms with Gasteiger partial charge in [-0.15, -0.1) is 23.2 Å². The molecule has 0 unspecified atom stereocenters. The molecule has 0 radical (unpaired) electrons. The molecule has 210 valence electrons. The van der Waals surface area contributed by atoms with Gasteiger partial charge in [-0.25, -0.2) is 0 Å². The highest BCUT2D eigenvalue weighted by Crippen LogP contribution is 2.62. The van der Waals surface area contributed by atoms with Crippen LogP contribution in [0.2, 0.25) is 0 Å². The standard InChI is InChI=1S/C31H44Cl2N2O3/c1-30-13-11-24(38-29(37)19-21-3-6-23(7-4-21)35(17-15-32)18-16-33)20-22(30)5-8-25-26(30)12-14-31(2)27(25)9-10-28(36)34-31/h3-4,6-7,22,24-27H,5,8-20H2,1-2H3,(H,34,36)/t22-,24+,25-,26+,27-,30-,31-/m0/s1. The number of esters is 1. The number of piperidine rings is 1. The molecule has 7 heteroatoms. The molecule has 0 bridgehead atoms. The number of amides is 1. The molecule has 38 heavy (non-hydrogen) atoms. The number of carbonyl (C=O) groups is 2. The van der Waals surface area contributed by atoms with Crippen molar-refractivity contribution in [2.75, 3.05) is 29.7 Å². The molecule has 0 aromatic heterocycles. The van der Waals surface area contributed by atoms with E-state index in [0.717, 1.165) is 62.4 Å². The number of benzene rings is 1. The SMILES string of the molecule is C[C@]12CC[C@@H](OC(=O)Cc3ccc(N(CCCl)CCCl)cc3)C[C@@H]1CC[C@H]1[C@H]2CC[C@]2(C)NC(=O)CC[C@@H]12. The summed E-state index contributed by atoms with van der Waals surface area (Å²) in [5, 5.41) is 3.37. The number of nitrogens with one attached hydrogen (secondary N) is 1. The van der Waals surface area contributed by atoms with Crippen LogP contribution in [0, 0.1) is 29.1 Å². The number of rotatable bonds is 8. The summed E-state index contributed by atoms with van der Waals surface area (Å²) in [5.74, 6) is 3.87. The Balaban J connectivity index is 1.16. The molecule has 5 nitrogen and oxygen atoms in total. The molecule has 1 aliphatic heterocycles. The monoisotopic (exact) mass is 562 g/mol. The first kappa shape index (κ1) is 28.1. The van der Waals surface area contributed by atoms with Gasteiger partial charge >= 0.3 is 5.97 Å². The summed E-state index contributed by atoms with van der Waals surface area (Å²) in [7, 11) is 0. The van der Waals surface area contributed by atoms with Gasteiger partial charge in [0.25, 0.3) is 0 Å². The summed E-state index contributed by atoms with van der Waals surface area (Å²) in [6.07, 6.45) is 9.93. The molecule has 0 spiro atoms. The van der Waals surface area contributed by atoms with Gasteiger partial charge in [-0.3, -0.25) is 9.59 Å². The van der Waals surface area contributed by atoms with Crippen LogP contribution in [0.5, 0.6) is 0 Å². The van der Waals surface area contributed by atoms with Crippen molar-refractivity contribution < 1.29 is 14.3 Å². The van der Waals surface area contributed by atoms with Gasteiger partial charge in [0.05, 0.1) is 6.42 Å². The van der Waals surface area contributed by atoms with Crippen LogP contribution in [0.4, 0.5) is 5.69 Å². The van der Waals surface area contributed by atoms with E-state index in [1.54, 1.807) is 0 Å². The molecule has 3 aliphatic carbocycles. The molecular weight excluding hydrogens is 519 g/mol. The fourth-order valence-corrected chi connectivity index (χ4v) is 9.20. The Morgan fingerprint density at radius 2 is 1.74 bits per heavy atom. The molecule has 1 aromatic carbocycles. The molecule has 1 heterocycles. The van der Waals surface area contributed by atoms with Crippen LogP contribution >= 0.6 is 23.2 Å². The maximum Gasteiger partial charge on any atom is 0.310 e. The average Bonchev–Trinajstić information content (AvgIpc) is 2.88. The highest BCUT2D eigenvalue weighted by molar-refractivity contribution is 6.18. The van der Waals surface area contributed by atoms with Crippen LogP contribution < -0.4 is 10.2 Å². The van der Waals surface area contributed by atoms with E-state index in [1.807, 2.05) is 24.3 Å². The predicted molar refractivity (Wildman–Crippen MR) is 154 cm³/mol. The molecule has 1 saturated heterocycles. The summed E-state index contributed by atoms with van der Waals surface area (Å²) in [6.45, 7) is 6.31. The largest absolute Gasteiger partial charge is 0.462 e. The topological polar surface area (TPSA) is 58.6 Å². The molecule has 1 aromatic rings. The Morgan fingerprint density at radius 1 is 1.00 bits per heavy atom. The van der Waals surface area contributed by atoms with E-state index < -0.39 is 0 Å². The van der Waals surface area contributed by atoms with Crippen molar-refractivity contribution >= 4 is 40.8 Å². The number of fused-ring (bicyclic) bond motifs is 5. The lowest BCUT2D eigenvalue weighted by molar-refractivity contribution is -0.162. The first-order valence-corrected chi connectivity index (χ1v) is 15.8. The van der Waals surface area contributed by atoms with Crippen molar-refractivity contribution in [3.63, 3.8) is 0 Å². The minimum atomic E-state index is -0.121. The van der Waals surface area contributed by atoms with Gasteiger partial charge in [0.15, 0.2) is 0 Å².